The molecule has 136 valence electrons. The number of aliphatic hydroxyl groups is 1. The van der Waals surface area contributed by atoms with Crippen molar-refractivity contribution in [3.05, 3.63) is 52.4 Å². The number of anilines is 1. The van der Waals surface area contributed by atoms with Crippen LogP contribution in [0.5, 0.6) is 0 Å². The maximum Gasteiger partial charge on any atom is 0.278 e. The van der Waals surface area contributed by atoms with E-state index < -0.39 is 0 Å². The van der Waals surface area contributed by atoms with Crippen LogP contribution in [0.2, 0.25) is 0 Å². The lowest BCUT2D eigenvalue weighted by molar-refractivity contribution is -0.106. The molecule has 0 radical (unpaired) electrons. The van der Waals surface area contributed by atoms with Crippen LogP contribution >= 0.6 is 0 Å². The van der Waals surface area contributed by atoms with Gasteiger partial charge in [-0.1, -0.05) is 23.8 Å². The monoisotopic (exact) mass is 355 g/mol. The molecule has 0 saturated heterocycles. The molecule has 0 aliphatic heterocycles. The Morgan fingerprint density at radius 2 is 2.04 bits per heavy atom. The molecular weight excluding hydrogens is 334 g/mol. The van der Waals surface area contributed by atoms with Gasteiger partial charge in [0.25, 0.3) is 5.56 Å². The number of nitrogens with zero attached hydrogens (tertiary/aromatic N) is 3. The second kappa shape index (κ2) is 8.72. The number of hydrogen-bond donors (Lipinski definition) is 3. The first-order valence-corrected chi connectivity index (χ1v) is 8.01. The molecule has 26 heavy (non-hydrogen) atoms. The number of fused-ring (bicyclic) bond motifs is 1. The standard InChI is InChI=1S/C17H18N4O2.CH3NO/c1-11-4-2-5-12(10-11)14-17(23)21(8-3-9-22)16-15(20-14)13(18)6-7-19-16;2-1-3/h2,4-7,10,22H,3,8-9H2,1H3,(H2,18,19);1H,(H2,2,3). The number of nitrogen functional groups attached to an aromatic ring is 1. The van der Waals surface area contributed by atoms with Gasteiger partial charge in [0.1, 0.15) is 11.2 Å². The first kappa shape index (κ1) is 19.1. The summed E-state index contributed by atoms with van der Waals surface area (Å²) >= 11 is 0. The molecule has 0 aliphatic rings. The number of pyridine rings is 1. The Morgan fingerprint density at radius 1 is 1.31 bits per heavy atom. The Morgan fingerprint density at radius 3 is 2.69 bits per heavy atom. The van der Waals surface area contributed by atoms with E-state index in [0.29, 0.717) is 35.5 Å². The van der Waals surface area contributed by atoms with Crippen molar-refractivity contribution in [2.45, 2.75) is 19.9 Å². The lowest BCUT2D eigenvalue weighted by atomic mass is 10.1. The van der Waals surface area contributed by atoms with Gasteiger partial charge in [-0.2, -0.15) is 0 Å². The van der Waals surface area contributed by atoms with E-state index in [1.54, 1.807) is 12.3 Å². The third kappa shape index (κ3) is 4.04. The minimum absolute atomic E-state index is 0.00164. The molecule has 2 aromatic heterocycles. The van der Waals surface area contributed by atoms with Crippen LogP contribution in [-0.2, 0) is 11.3 Å². The van der Waals surface area contributed by atoms with Crippen LogP contribution in [0.25, 0.3) is 22.4 Å². The zero-order chi connectivity index (χ0) is 19.1. The van der Waals surface area contributed by atoms with Crippen LogP contribution in [0, 0.1) is 6.92 Å². The SMILES string of the molecule is Cc1cccc(-c2nc3c(N)ccnc3n(CCCO)c2=O)c1.NC=O. The Hall–Kier alpha value is -3.26. The van der Waals surface area contributed by atoms with Crippen molar-refractivity contribution in [2.75, 3.05) is 12.3 Å². The third-order valence-corrected chi connectivity index (χ3v) is 3.69. The van der Waals surface area contributed by atoms with Crippen LogP contribution in [-0.4, -0.2) is 32.7 Å². The summed E-state index contributed by atoms with van der Waals surface area (Å²) < 4.78 is 1.53. The maximum absolute atomic E-state index is 12.8. The van der Waals surface area contributed by atoms with Crippen molar-refractivity contribution in [3.63, 3.8) is 0 Å². The number of primary amides is 1. The van der Waals surface area contributed by atoms with Gasteiger partial charge in [0.2, 0.25) is 6.41 Å². The molecule has 1 amide bonds. The van der Waals surface area contributed by atoms with Gasteiger partial charge in [-0.05, 0) is 25.5 Å². The highest BCUT2D eigenvalue weighted by Crippen LogP contribution is 2.21. The lowest BCUT2D eigenvalue weighted by Crippen LogP contribution is -2.25. The minimum atomic E-state index is -0.227. The highest BCUT2D eigenvalue weighted by Gasteiger charge is 2.15. The number of amides is 1. The van der Waals surface area contributed by atoms with Crippen molar-refractivity contribution < 1.29 is 9.90 Å². The molecular formula is C18H21N5O3. The Labute approximate surface area is 150 Å². The van der Waals surface area contributed by atoms with E-state index in [1.165, 1.54) is 4.57 Å². The van der Waals surface area contributed by atoms with Gasteiger partial charge in [-0.3, -0.25) is 14.2 Å². The van der Waals surface area contributed by atoms with Gasteiger partial charge in [0.15, 0.2) is 5.65 Å². The summed E-state index contributed by atoms with van der Waals surface area (Å²) in [5.41, 5.74) is 13.5. The molecule has 0 unspecified atom stereocenters. The number of rotatable bonds is 4. The number of carbonyl (C=O) groups excluding carboxylic acids is 1. The van der Waals surface area contributed by atoms with Gasteiger partial charge < -0.3 is 16.6 Å². The molecule has 0 saturated carbocycles. The molecule has 5 N–H and O–H groups in total. The molecule has 0 bridgehead atoms. The van der Waals surface area contributed by atoms with Gasteiger partial charge in [-0.15, -0.1) is 0 Å². The highest BCUT2D eigenvalue weighted by molar-refractivity contribution is 5.85. The van der Waals surface area contributed by atoms with Gasteiger partial charge in [-0.25, -0.2) is 9.97 Å². The van der Waals surface area contributed by atoms with Crippen molar-refractivity contribution >= 4 is 23.3 Å². The zero-order valence-corrected chi connectivity index (χ0v) is 14.4. The van der Waals surface area contributed by atoms with E-state index in [2.05, 4.69) is 15.7 Å². The molecule has 3 aromatic rings. The number of hydrogen-bond acceptors (Lipinski definition) is 6. The van der Waals surface area contributed by atoms with Crippen molar-refractivity contribution in [1.82, 2.24) is 14.5 Å². The van der Waals surface area contributed by atoms with Crippen LogP contribution in [0.3, 0.4) is 0 Å². The number of aliphatic hydroxyl groups excluding tert-OH is 1. The largest absolute Gasteiger partial charge is 0.397 e. The molecule has 0 spiro atoms. The summed E-state index contributed by atoms with van der Waals surface area (Å²) in [5.74, 6) is 0. The van der Waals surface area contributed by atoms with Crippen molar-refractivity contribution in [3.8, 4) is 11.3 Å². The molecule has 0 aliphatic carbocycles. The van der Waals surface area contributed by atoms with E-state index >= 15 is 0 Å². The van der Waals surface area contributed by atoms with Crippen LogP contribution < -0.4 is 17.0 Å². The fraction of sp³-hybridized carbons (Fsp3) is 0.222. The van der Waals surface area contributed by atoms with Crippen LogP contribution in [0.4, 0.5) is 5.69 Å². The molecule has 0 fully saturated rings. The van der Waals surface area contributed by atoms with Crippen molar-refractivity contribution in [2.24, 2.45) is 5.73 Å². The van der Waals surface area contributed by atoms with E-state index in [1.807, 2.05) is 31.2 Å². The lowest BCUT2D eigenvalue weighted by Gasteiger charge is -2.12. The molecule has 8 heteroatoms. The average molecular weight is 355 g/mol. The van der Waals surface area contributed by atoms with E-state index in [0.717, 1.165) is 11.1 Å². The summed E-state index contributed by atoms with van der Waals surface area (Å²) in [6, 6.07) is 9.28. The number of nitrogens with two attached hydrogens (primary N) is 2. The summed E-state index contributed by atoms with van der Waals surface area (Å²) in [7, 11) is 0. The first-order chi connectivity index (χ1) is 12.5. The third-order valence-electron chi connectivity index (χ3n) is 3.69. The zero-order valence-electron chi connectivity index (χ0n) is 14.4. The second-order valence-electron chi connectivity index (χ2n) is 5.57. The van der Waals surface area contributed by atoms with Crippen LogP contribution in [0.15, 0.2) is 41.3 Å². The van der Waals surface area contributed by atoms with Crippen LogP contribution in [0.1, 0.15) is 12.0 Å². The number of carbonyl (C=O) groups is 1. The number of aryl methyl sites for hydroxylation is 2. The van der Waals surface area contributed by atoms with E-state index in [-0.39, 0.29) is 18.6 Å². The topological polar surface area (TPSA) is 137 Å². The fourth-order valence-electron chi connectivity index (χ4n) is 2.57. The van der Waals surface area contributed by atoms with Crippen molar-refractivity contribution in [1.29, 1.82) is 0 Å². The minimum Gasteiger partial charge on any atom is -0.397 e. The molecule has 3 rings (SSSR count). The summed E-state index contributed by atoms with van der Waals surface area (Å²) in [5, 5.41) is 9.09. The molecule has 8 nitrogen and oxygen atoms in total. The van der Waals surface area contributed by atoms with Gasteiger partial charge in [0, 0.05) is 24.9 Å². The quantitative estimate of drug-likeness (QED) is 0.593. The summed E-state index contributed by atoms with van der Waals surface area (Å²) in [6.07, 6.45) is 2.27. The number of aromatic nitrogens is 3. The second-order valence-corrected chi connectivity index (χ2v) is 5.57. The molecule has 1 aromatic carbocycles. The Balaban J connectivity index is 0.000000758. The maximum atomic E-state index is 12.8. The fourth-order valence-corrected chi connectivity index (χ4v) is 2.57. The highest BCUT2D eigenvalue weighted by atomic mass is 16.3. The molecule has 2 heterocycles. The van der Waals surface area contributed by atoms with E-state index in [4.69, 9.17) is 15.6 Å². The van der Waals surface area contributed by atoms with Gasteiger partial charge in [0.05, 0.1) is 5.69 Å². The smallest absolute Gasteiger partial charge is 0.278 e. The predicted octanol–water partition coefficient (Wildman–Crippen LogP) is 0.833. The summed E-state index contributed by atoms with van der Waals surface area (Å²) in [4.78, 5) is 30.2. The first-order valence-electron chi connectivity index (χ1n) is 8.01. The average Bonchev–Trinajstić information content (AvgIpc) is 2.61. The van der Waals surface area contributed by atoms with Gasteiger partial charge >= 0.3 is 0 Å². The Bertz CT molecular complexity index is 969. The predicted molar refractivity (Wildman–Crippen MR) is 100 cm³/mol. The summed E-state index contributed by atoms with van der Waals surface area (Å²) in [6.45, 7) is 2.33. The molecule has 0 atom stereocenters. The normalized spacial score (nSPS) is 10.2. The van der Waals surface area contributed by atoms with E-state index in [9.17, 15) is 4.79 Å². The number of benzene rings is 1. The Kier molecular flexibility index (Phi) is 6.40.